The predicted molar refractivity (Wildman–Crippen MR) is 108 cm³/mol. The highest BCUT2D eigenvalue weighted by Gasteiger charge is 2.34. The van der Waals surface area contributed by atoms with Crippen LogP contribution in [0, 0.1) is 11.6 Å². The quantitative estimate of drug-likeness (QED) is 0.530. The number of carbonyl (C=O) groups is 2. The maximum Gasteiger partial charge on any atom is 0.261 e. The van der Waals surface area contributed by atoms with Crippen molar-refractivity contribution >= 4 is 17.4 Å². The number of rotatable bonds is 5. The second-order valence-corrected chi connectivity index (χ2v) is 6.85. The van der Waals surface area contributed by atoms with E-state index in [1.165, 1.54) is 11.0 Å². The lowest BCUT2D eigenvalue weighted by atomic mass is 10.1. The molecule has 0 unspecified atom stereocenters. The molecule has 4 rings (SSSR count). The minimum Gasteiger partial charge on any atom is -0.454 e. The molecule has 1 aliphatic heterocycles. The third-order valence-electron chi connectivity index (χ3n) is 4.89. The summed E-state index contributed by atoms with van der Waals surface area (Å²) in [5.74, 6) is -1.72. The lowest BCUT2D eigenvalue weighted by Gasteiger charge is -2.12. The van der Waals surface area contributed by atoms with Gasteiger partial charge in [0.25, 0.3) is 11.8 Å². The largest absolute Gasteiger partial charge is 0.454 e. The maximum atomic E-state index is 13.7. The molecule has 0 saturated heterocycles. The van der Waals surface area contributed by atoms with Gasteiger partial charge in [-0.2, -0.15) is 0 Å². The smallest absolute Gasteiger partial charge is 0.261 e. The van der Waals surface area contributed by atoms with E-state index in [4.69, 9.17) is 4.74 Å². The summed E-state index contributed by atoms with van der Waals surface area (Å²) in [6.07, 6.45) is 1.80. The van der Waals surface area contributed by atoms with Crippen LogP contribution in [0.3, 0.4) is 0 Å². The number of fused-ring (bicyclic) bond motifs is 1. The van der Waals surface area contributed by atoms with Gasteiger partial charge in [-0.1, -0.05) is 30.3 Å². The molecule has 0 fully saturated rings. The van der Waals surface area contributed by atoms with Crippen molar-refractivity contribution in [2.24, 2.45) is 0 Å². The summed E-state index contributed by atoms with van der Waals surface area (Å²) in [5, 5.41) is 0. The first-order valence-corrected chi connectivity index (χ1v) is 9.29. The van der Waals surface area contributed by atoms with Gasteiger partial charge in [-0.3, -0.25) is 14.5 Å². The van der Waals surface area contributed by atoms with E-state index in [9.17, 15) is 18.4 Å². The van der Waals surface area contributed by atoms with Crippen LogP contribution in [-0.4, -0.2) is 23.3 Å². The summed E-state index contributed by atoms with van der Waals surface area (Å²) in [7, 11) is 0. The van der Waals surface area contributed by atoms with Crippen molar-refractivity contribution < 1.29 is 23.1 Å². The maximum absolute atomic E-state index is 13.7. The average molecular weight is 405 g/mol. The van der Waals surface area contributed by atoms with Gasteiger partial charge in [0.15, 0.2) is 11.6 Å². The van der Waals surface area contributed by atoms with Crippen LogP contribution in [0.5, 0.6) is 11.5 Å². The first-order chi connectivity index (χ1) is 14.4. The molecule has 3 aromatic rings. The molecule has 0 spiro atoms. The van der Waals surface area contributed by atoms with E-state index in [2.05, 4.69) is 0 Å². The number of nitrogens with zero attached hydrogens (tertiary/aromatic N) is 1. The topological polar surface area (TPSA) is 46.6 Å². The number of carbonyl (C=O) groups excluding carboxylic acids is 2. The Morgan fingerprint density at radius 2 is 1.57 bits per heavy atom. The monoisotopic (exact) mass is 405 g/mol. The second-order valence-electron chi connectivity index (χ2n) is 6.85. The fourth-order valence-electron chi connectivity index (χ4n) is 3.22. The summed E-state index contributed by atoms with van der Waals surface area (Å²) >= 11 is 0. The van der Waals surface area contributed by atoms with Crippen LogP contribution >= 0.6 is 0 Å². The molecule has 0 aromatic heterocycles. The van der Waals surface area contributed by atoms with Crippen molar-refractivity contribution in [2.75, 3.05) is 6.54 Å². The predicted octanol–water partition coefficient (Wildman–Crippen LogP) is 5.46. The van der Waals surface area contributed by atoms with Crippen LogP contribution in [0.25, 0.3) is 5.57 Å². The molecule has 0 N–H and O–H groups in total. The summed E-state index contributed by atoms with van der Waals surface area (Å²) in [4.78, 5) is 26.1. The minimum atomic E-state index is -0.781. The van der Waals surface area contributed by atoms with Crippen LogP contribution in [0.4, 0.5) is 8.78 Å². The molecule has 0 radical (unpaired) electrons. The Morgan fingerprint density at radius 3 is 2.17 bits per heavy atom. The fraction of sp³-hybridized carbons (Fsp3) is 0.0833. The molecule has 3 aromatic carbocycles. The first-order valence-electron chi connectivity index (χ1n) is 9.29. The molecule has 0 aliphatic carbocycles. The van der Waals surface area contributed by atoms with Crippen molar-refractivity contribution in [1.82, 2.24) is 4.90 Å². The molecule has 4 nitrogen and oxygen atoms in total. The zero-order valence-corrected chi connectivity index (χ0v) is 16.1. The number of amides is 2. The van der Waals surface area contributed by atoms with Gasteiger partial charge in [0.05, 0.1) is 11.1 Å². The Kier molecular flexibility index (Phi) is 5.14. The molecular formula is C24H17F2NO3. The number of hydrogen-bond acceptors (Lipinski definition) is 3. The fourth-order valence-corrected chi connectivity index (χ4v) is 3.22. The zero-order chi connectivity index (χ0) is 21.3. The minimum absolute atomic E-state index is 0.0676. The van der Waals surface area contributed by atoms with E-state index in [0.29, 0.717) is 16.9 Å². The number of halogens is 2. The van der Waals surface area contributed by atoms with E-state index >= 15 is 0 Å². The Morgan fingerprint density at radius 1 is 0.933 bits per heavy atom. The number of imide groups is 1. The molecule has 0 atom stereocenters. The SMILES string of the molecule is C/C(=C/CN1C(=O)c2ccccc2C1=O)c1ccc(Oc2ccc(F)cc2F)cc1. The number of allylic oxidation sites excluding steroid dienone is 1. The van der Waals surface area contributed by atoms with E-state index in [0.717, 1.165) is 23.3 Å². The third-order valence-corrected chi connectivity index (χ3v) is 4.89. The highest BCUT2D eigenvalue weighted by Crippen LogP contribution is 2.27. The van der Waals surface area contributed by atoms with Gasteiger partial charge in [0.1, 0.15) is 11.6 Å². The van der Waals surface area contributed by atoms with Gasteiger partial charge in [0, 0.05) is 12.6 Å². The van der Waals surface area contributed by atoms with Crippen LogP contribution in [0.1, 0.15) is 33.2 Å². The zero-order valence-electron chi connectivity index (χ0n) is 16.1. The van der Waals surface area contributed by atoms with Crippen LogP contribution in [-0.2, 0) is 0 Å². The van der Waals surface area contributed by atoms with Crippen molar-refractivity contribution in [3.8, 4) is 11.5 Å². The van der Waals surface area contributed by atoms with Crippen molar-refractivity contribution in [3.63, 3.8) is 0 Å². The van der Waals surface area contributed by atoms with Crippen molar-refractivity contribution in [1.29, 1.82) is 0 Å². The summed E-state index contributed by atoms with van der Waals surface area (Å²) in [6.45, 7) is 2.03. The Labute approximate surface area is 172 Å². The van der Waals surface area contributed by atoms with Crippen molar-refractivity contribution in [3.05, 3.63) is 101 Å². The first kappa shape index (κ1) is 19.5. The van der Waals surface area contributed by atoms with Gasteiger partial charge in [-0.05, 0) is 54.5 Å². The number of benzene rings is 3. The normalized spacial score (nSPS) is 13.6. The van der Waals surface area contributed by atoms with Crippen molar-refractivity contribution in [2.45, 2.75) is 6.92 Å². The lowest BCUT2D eigenvalue weighted by Crippen LogP contribution is -2.29. The second kappa shape index (κ2) is 7.91. The van der Waals surface area contributed by atoms with Gasteiger partial charge in [0.2, 0.25) is 0 Å². The summed E-state index contributed by atoms with van der Waals surface area (Å²) in [5.41, 5.74) is 2.57. The molecule has 30 heavy (non-hydrogen) atoms. The van der Waals surface area contributed by atoms with Gasteiger partial charge < -0.3 is 4.74 Å². The van der Waals surface area contributed by atoms with Crippen LogP contribution < -0.4 is 4.74 Å². The lowest BCUT2D eigenvalue weighted by molar-refractivity contribution is 0.0672. The molecule has 2 amide bonds. The molecule has 150 valence electrons. The average Bonchev–Trinajstić information content (AvgIpc) is 2.99. The van der Waals surface area contributed by atoms with Gasteiger partial charge >= 0.3 is 0 Å². The highest BCUT2D eigenvalue weighted by atomic mass is 19.1. The Balaban J connectivity index is 1.45. The van der Waals surface area contributed by atoms with Crippen LogP contribution in [0.15, 0.2) is 72.8 Å². The van der Waals surface area contributed by atoms with E-state index < -0.39 is 11.6 Å². The standard InChI is InChI=1S/C24H17F2NO3/c1-15(12-13-27-23(28)19-4-2-3-5-20(19)24(27)29)16-6-9-18(10-7-16)30-22-11-8-17(25)14-21(22)26/h2-12,14H,13H2,1H3/b15-12-. The van der Waals surface area contributed by atoms with E-state index in [1.54, 1.807) is 54.6 Å². The Bertz CT molecular complexity index is 1130. The molecule has 6 heteroatoms. The summed E-state index contributed by atoms with van der Waals surface area (Å²) in [6, 6.07) is 16.8. The molecule has 1 aliphatic rings. The number of hydrogen-bond donors (Lipinski definition) is 0. The van der Waals surface area contributed by atoms with Crippen LogP contribution in [0.2, 0.25) is 0 Å². The van der Waals surface area contributed by atoms with E-state index in [-0.39, 0.29) is 24.1 Å². The highest BCUT2D eigenvalue weighted by molar-refractivity contribution is 6.21. The molecule has 0 saturated carbocycles. The molecular weight excluding hydrogens is 388 g/mol. The van der Waals surface area contributed by atoms with Gasteiger partial charge in [-0.15, -0.1) is 0 Å². The van der Waals surface area contributed by atoms with E-state index in [1.807, 2.05) is 6.92 Å². The molecule has 0 bridgehead atoms. The Hall–Kier alpha value is -3.80. The van der Waals surface area contributed by atoms with Gasteiger partial charge in [-0.25, -0.2) is 8.78 Å². The third kappa shape index (κ3) is 3.72. The molecule has 1 heterocycles. The number of ether oxygens (including phenoxy) is 1. The summed E-state index contributed by atoms with van der Waals surface area (Å²) < 4.78 is 32.2.